The summed E-state index contributed by atoms with van der Waals surface area (Å²) in [4.78, 5) is 22.1. The number of halogens is 1. The van der Waals surface area contributed by atoms with Crippen LogP contribution in [0.4, 0.5) is 4.39 Å². The maximum atomic E-state index is 14.9. The second kappa shape index (κ2) is 9.85. The van der Waals surface area contributed by atoms with Crippen LogP contribution in [-0.4, -0.2) is 46.5 Å². The number of rotatable bonds is 6. The second-order valence-corrected chi connectivity index (χ2v) is 8.74. The van der Waals surface area contributed by atoms with Gasteiger partial charge in [-0.1, -0.05) is 36.4 Å². The Bertz CT molecular complexity index is 1340. The smallest absolute Gasteiger partial charge is 0.240 e. The van der Waals surface area contributed by atoms with Crippen molar-refractivity contribution in [1.82, 2.24) is 14.9 Å². The van der Waals surface area contributed by atoms with Crippen LogP contribution < -0.4 is 10.5 Å². The number of aromatic nitrogens is 2. The number of carbonyl (C=O) groups excluding carboxylic acids is 1. The lowest BCUT2D eigenvalue weighted by Crippen LogP contribution is -2.50. The van der Waals surface area contributed by atoms with Crippen molar-refractivity contribution < 1.29 is 18.7 Å². The van der Waals surface area contributed by atoms with Crippen molar-refractivity contribution in [3.05, 3.63) is 89.5 Å². The lowest BCUT2D eigenvalue weighted by Gasteiger charge is -2.34. The number of aryl methyl sites for hydroxylation is 1. The first-order chi connectivity index (χ1) is 17.0. The van der Waals surface area contributed by atoms with Crippen molar-refractivity contribution in [2.75, 3.05) is 19.7 Å². The van der Waals surface area contributed by atoms with Crippen LogP contribution in [0.3, 0.4) is 0 Å². The molecule has 8 heteroatoms. The fourth-order valence-electron chi connectivity index (χ4n) is 4.44. The summed E-state index contributed by atoms with van der Waals surface area (Å²) in [6.07, 6.45) is 3.48. The molecule has 3 heterocycles. The van der Waals surface area contributed by atoms with Crippen LogP contribution >= 0.6 is 0 Å². The maximum Gasteiger partial charge on any atom is 0.240 e. The molecule has 0 aliphatic carbocycles. The normalized spacial score (nSPS) is 16.9. The van der Waals surface area contributed by atoms with E-state index in [9.17, 15) is 9.18 Å². The van der Waals surface area contributed by atoms with E-state index in [2.05, 4.69) is 9.97 Å². The number of amides is 1. The molecular weight excluding hydrogens is 447 g/mol. The average Bonchev–Trinajstić information content (AvgIpc) is 3.27. The van der Waals surface area contributed by atoms with Crippen LogP contribution in [0.25, 0.3) is 11.0 Å². The Morgan fingerprint density at radius 2 is 2.09 bits per heavy atom. The van der Waals surface area contributed by atoms with Gasteiger partial charge in [0.1, 0.15) is 17.5 Å². The molecule has 1 aliphatic heterocycles. The Morgan fingerprint density at radius 1 is 1.26 bits per heavy atom. The zero-order valence-corrected chi connectivity index (χ0v) is 19.4. The van der Waals surface area contributed by atoms with Gasteiger partial charge >= 0.3 is 0 Å². The van der Waals surface area contributed by atoms with Gasteiger partial charge < -0.3 is 25.1 Å². The molecule has 0 saturated carbocycles. The highest BCUT2D eigenvalue weighted by Crippen LogP contribution is 2.32. The van der Waals surface area contributed by atoms with E-state index >= 15 is 0 Å². The fourth-order valence-corrected chi connectivity index (χ4v) is 4.44. The van der Waals surface area contributed by atoms with Crippen LogP contribution in [0, 0.1) is 12.7 Å². The van der Waals surface area contributed by atoms with Gasteiger partial charge in [-0.15, -0.1) is 0 Å². The Labute approximate surface area is 202 Å². The minimum absolute atomic E-state index is 0.0978. The van der Waals surface area contributed by atoms with E-state index in [0.29, 0.717) is 36.7 Å². The third kappa shape index (κ3) is 4.89. The Hall–Kier alpha value is -3.75. The van der Waals surface area contributed by atoms with E-state index in [1.54, 1.807) is 29.3 Å². The molecule has 5 rings (SSSR count). The molecule has 0 bridgehead atoms. The van der Waals surface area contributed by atoms with Gasteiger partial charge in [0.2, 0.25) is 5.91 Å². The number of nitrogens with two attached hydrogens (primary N) is 1. The van der Waals surface area contributed by atoms with Crippen molar-refractivity contribution >= 4 is 16.9 Å². The van der Waals surface area contributed by atoms with Gasteiger partial charge in [0.15, 0.2) is 11.6 Å². The molecule has 2 unspecified atom stereocenters. The lowest BCUT2D eigenvalue weighted by atomic mass is 10.0. The van der Waals surface area contributed by atoms with Crippen LogP contribution in [0.2, 0.25) is 0 Å². The maximum absolute atomic E-state index is 14.9. The van der Waals surface area contributed by atoms with E-state index in [1.807, 2.05) is 43.5 Å². The molecule has 2 aromatic carbocycles. The van der Waals surface area contributed by atoms with Crippen molar-refractivity contribution in [1.29, 1.82) is 0 Å². The summed E-state index contributed by atoms with van der Waals surface area (Å²) in [5, 5.41) is 0.808. The summed E-state index contributed by atoms with van der Waals surface area (Å²) in [6.45, 7) is 3.30. The van der Waals surface area contributed by atoms with Gasteiger partial charge in [-0.3, -0.25) is 4.79 Å². The number of hydrogen-bond acceptors (Lipinski definition) is 5. The zero-order chi connectivity index (χ0) is 24.4. The third-order valence-electron chi connectivity index (χ3n) is 6.27. The van der Waals surface area contributed by atoms with Gasteiger partial charge in [-0.05, 0) is 48.2 Å². The summed E-state index contributed by atoms with van der Waals surface area (Å²) in [6, 6.07) is 15.4. The summed E-state index contributed by atoms with van der Waals surface area (Å²) in [7, 11) is 0. The van der Waals surface area contributed by atoms with Crippen molar-refractivity contribution in [3.8, 4) is 11.5 Å². The first-order valence-electron chi connectivity index (χ1n) is 11.6. The number of hydrogen-bond donors (Lipinski definition) is 2. The monoisotopic (exact) mass is 474 g/mol. The number of nitrogens with one attached hydrogen (secondary N) is 1. The molecular formula is C27H27FN4O3. The molecule has 180 valence electrons. The standard InChI is InChI=1S/C27H27FN4O3/c1-17-15-31-26-25(17)23(9-10-30-26)35-22-8-7-18(13-20(22)28)14-21(29)27(33)32-11-12-34-24(16-32)19-5-3-2-4-6-19/h2-10,13,15,21,24H,11-12,14,16,29H2,1H3,(H,30,31). The molecule has 1 aliphatic rings. The molecule has 4 aromatic rings. The predicted octanol–water partition coefficient (Wildman–Crippen LogP) is 4.27. The zero-order valence-electron chi connectivity index (χ0n) is 19.4. The Morgan fingerprint density at radius 3 is 2.89 bits per heavy atom. The molecule has 1 fully saturated rings. The van der Waals surface area contributed by atoms with Crippen molar-refractivity contribution in [3.63, 3.8) is 0 Å². The number of benzene rings is 2. The van der Waals surface area contributed by atoms with Crippen molar-refractivity contribution in [2.45, 2.75) is 25.5 Å². The minimum Gasteiger partial charge on any atom is -0.453 e. The molecule has 0 radical (unpaired) electrons. The number of H-pyrrole nitrogens is 1. The fraction of sp³-hybridized carbons (Fsp3) is 0.259. The molecule has 7 nitrogen and oxygen atoms in total. The highest BCUT2D eigenvalue weighted by atomic mass is 19.1. The van der Waals surface area contributed by atoms with E-state index in [1.165, 1.54) is 6.07 Å². The summed E-state index contributed by atoms with van der Waals surface area (Å²) >= 11 is 0. The molecule has 1 amide bonds. The Balaban J connectivity index is 1.25. The summed E-state index contributed by atoms with van der Waals surface area (Å²) in [5.41, 5.74) is 9.54. The van der Waals surface area contributed by atoms with Crippen LogP contribution in [0.15, 0.2) is 67.0 Å². The number of nitrogens with zero attached hydrogens (tertiary/aromatic N) is 2. The van der Waals surface area contributed by atoms with Gasteiger partial charge in [0.25, 0.3) is 0 Å². The van der Waals surface area contributed by atoms with E-state index in [0.717, 1.165) is 16.5 Å². The van der Waals surface area contributed by atoms with E-state index in [-0.39, 0.29) is 24.2 Å². The van der Waals surface area contributed by atoms with Gasteiger partial charge in [-0.2, -0.15) is 0 Å². The first kappa shape index (κ1) is 23.0. The van der Waals surface area contributed by atoms with Crippen LogP contribution in [0.1, 0.15) is 22.8 Å². The number of aromatic amines is 1. The molecule has 3 N–H and O–H groups in total. The number of carbonyl (C=O) groups is 1. The summed E-state index contributed by atoms with van der Waals surface area (Å²) in [5.74, 6) is -0.0684. The molecule has 35 heavy (non-hydrogen) atoms. The SMILES string of the molecule is Cc1c[nH]c2nccc(Oc3ccc(CC(N)C(=O)N4CCOC(c5ccccc5)C4)cc3F)c12. The highest BCUT2D eigenvalue weighted by Gasteiger charge is 2.28. The molecule has 2 aromatic heterocycles. The minimum atomic E-state index is -0.780. The quantitative estimate of drug-likeness (QED) is 0.435. The van der Waals surface area contributed by atoms with Crippen LogP contribution in [0.5, 0.6) is 11.5 Å². The lowest BCUT2D eigenvalue weighted by molar-refractivity contribution is -0.140. The molecule has 1 saturated heterocycles. The Kier molecular flexibility index (Phi) is 6.48. The highest BCUT2D eigenvalue weighted by molar-refractivity contribution is 5.86. The molecule has 0 spiro atoms. The topological polar surface area (TPSA) is 93.5 Å². The third-order valence-corrected chi connectivity index (χ3v) is 6.27. The number of fused-ring (bicyclic) bond motifs is 1. The predicted molar refractivity (Wildman–Crippen MR) is 131 cm³/mol. The molecule has 2 atom stereocenters. The average molecular weight is 475 g/mol. The van der Waals surface area contributed by atoms with Gasteiger partial charge in [-0.25, -0.2) is 9.37 Å². The van der Waals surface area contributed by atoms with Gasteiger partial charge in [0.05, 0.1) is 24.6 Å². The first-order valence-corrected chi connectivity index (χ1v) is 11.6. The van der Waals surface area contributed by atoms with Crippen LogP contribution in [-0.2, 0) is 16.0 Å². The second-order valence-electron chi connectivity index (χ2n) is 8.74. The van der Waals surface area contributed by atoms with E-state index < -0.39 is 11.9 Å². The van der Waals surface area contributed by atoms with Gasteiger partial charge in [0, 0.05) is 18.9 Å². The summed E-state index contributed by atoms with van der Waals surface area (Å²) < 4.78 is 26.6. The largest absolute Gasteiger partial charge is 0.453 e. The van der Waals surface area contributed by atoms with E-state index in [4.69, 9.17) is 15.2 Å². The number of pyridine rings is 1. The van der Waals surface area contributed by atoms with Crippen molar-refractivity contribution in [2.24, 2.45) is 5.73 Å². The number of ether oxygens (including phenoxy) is 2. The number of morpholine rings is 1.